The van der Waals surface area contributed by atoms with Gasteiger partial charge in [0.15, 0.2) is 0 Å². The zero-order valence-corrected chi connectivity index (χ0v) is 9.96. The molecule has 0 N–H and O–H groups in total. The average molecular weight is 184 g/mol. The predicted octanol–water partition coefficient (Wildman–Crippen LogP) is 2.39. The number of allylic oxidation sites excluding steroid dienone is 2. The van der Waals surface area contributed by atoms with Gasteiger partial charge in [0, 0.05) is 27.7 Å². The van der Waals surface area contributed by atoms with E-state index < -0.39 is 0 Å². The third-order valence-corrected chi connectivity index (χ3v) is 2.19. The molecule has 0 amide bonds. The van der Waals surface area contributed by atoms with Gasteiger partial charge in [-0.1, -0.05) is 18.6 Å². The van der Waals surface area contributed by atoms with Crippen molar-refractivity contribution < 1.29 is 0 Å². The van der Waals surface area contributed by atoms with E-state index in [1.54, 1.807) is 0 Å². The van der Waals surface area contributed by atoms with Crippen LogP contribution in [-0.2, 0) is 0 Å². The number of hydrogen-bond acceptors (Lipinski definition) is 2. The Kier molecular flexibility index (Phi) is 6.00. The van der Waals surface area contributed by atoms with Crippen LogP contribution >= 0.6 is 0 Å². The van der Waals surface area contributed by atoms with Crippen molar-refractivity contribution >= 4 is 0 Å². The quantitative estimate of drug-likeness (QED) is 0.478. The fourth-order valence-corrected chi connectivity index (χ4v) is 1.13. The second kappa shape index (κ2) is 6.17. The molecule has 0 saturated heterocycles. The van der Waals surface area contributed by atoms with Crippen molar-refractivity contribution in [2.75, 3.05) is 27.7 Å². The largest absolute Gasteiger partial charge is 0.248 e. The first-order valence-corrected chi connectivity index (χ1v) is 4.95. The third-order valence-electron chi connectivity index (χ3n) is 2.19. The molecule has 0 aromatic heterocycles. The van der Waals surface area contributed by atoms with Crippen molar-refractivity contribution in [2.24, 2.45) is 5.92 Å². The Balaban J connectivity index is 3.74. The summed E-state index contributed by atoms with van der Waals surface area (Å²) >= 11 is 0. The molecule has 0 aliphatic carbocycles. The van der Waals surface area contributed by atoms with Gasteiger partial charge in [0.25, 0.3) is 0 Å². The maximum absolute atomic E-state index is 2.31. The van der Waals surface area contributed by atoms with Gasteiger partial charge in [-0.05, 0) is 26.2 Å². The van der Waals surface area contributed by atoms with Crippen LogP contribution in [0.5, 0.6) is 0 Å². The highest BCUT2D eigenvalue weighted by atomic mass is 15.6. The van der Waals surface area contributed by atoms with E-state index in [1.807, 2.05) is 0 Å². The first-order valence-electron chi connectivity index (χ1n) is 4.95. The summed E-state index contributed by atoms with van der Waals surface area (Å²) in [6, 6.07) is 0. The van der Waals surface area contributed by atoms with Crippen molar-refractivity contribution in [1.29, 1.82) is 0 Å². The molecule has 0 heterocycles. The van der Waals surface area contributed by atoms with E-state index in [-0.39, 0.29) is 0 Å². The van der Waals surface area contributed by atoms with E-state index in [9.17, 15) is 0 Å². The Morgan fingerprint density at radius 3 is 2.15 bits per heavy atom. The second-order valence-electron chi connectivity index (χ2n) is 4.31. The minimum Gasteiger partial charge on any atom is -0.248 e. The van der Waals surface area contributed by atoms with Crippen LogP contribution in [0.1, 0.15) is 27.2 Å². The summed E-state index contributed by atoms with van der Waals surface area (Å²) in [6.45, 7) is 7.72. The zero-order chi connectivity index (χ0) is 10.4. The summed E-state index contributed by atoms with van der Waals surface area (Å²) in [4.78, 5) is 0. The van der Waals surface area contributed by atoms with E-state index in [2.05, 4.69) is 58.0 Å². The molecule has 1 atom stereocenters. The molecule has 0 aromatic rings. The van der Waals surface area contributed by atoms with E-state index in [0.29, 0.717) is 0 Å². The summed E-state index contributed by atoms with van der Waals surface area (Å²) in [7, 11) is 6.28. The van der Waals surface area contributed by atoms with Gasteiger partial charge in [-0.15, -0.1) is 0 Å². The SMILES string of the molecule is CC(C)=CCC(C)CN(C)N(C)C. The monoisotopic (exact) mass is 184 g/mol. The summed E-state index contributed by atoms with van der Waals surface area (Å²) in [5.74, 6) is 0.724. The van der Waals surface area contributed by atoms with Gasteiger partial charge >= 0.3 is 0 Å². The van der Waals surface area contributed by atoms with Gasteiger partial charge in [0.2, 0.25) is 0 Å². The van der Waals surface area contributed by atoms with Crippen molar-refractivity contribution in [3.05, 3.63) is 11.6 Å². The van der Waals surface area contributed by atoms with Crippen LogP contribution in [0.25, 0.3) is 0 Å². The lowest BCUT2D eigenvalue weighted by Crippen LogP contribution is -2.36. The van der Waals surface area contributed by atoms with Gasteiger partial charge in [-0.2, -0.15) is 0 Å². The van der Waals surface area contributed by atoms with Crippen molar-refractivity contribution in [2.45, 2.75) is 27.2 Å². The van der Waals surface area contributed by atoms with Crippen LogP contribution in [0.3, 0.4) is 0 Å². The van der Waals surface area contributed by atoms with Crippen LogP contribution in [0.2, 0.25) is 0 Å². The molecule has 2 heteroatoms. The molecule has 0 spiro atoms. The molecule has 0 bridgehead atoms. The first kappa shape index (κ1) is 12.7. The highest BCUT2D eigenvalue weighted by Gasteiger charge is 2.05. The van der Waals surface area contributed by atoms with E-state index >= 15 is 0 Å². The Labute approximate surface area is 83.2 Å². The van der Waals surface area contributed by atoms with Crippen LogP contribution < -0.4 is 0 Å². The molecule has 1 unspecified atom stereocenters. The molecule has 78 valence electrons. The number of nitrogens with zero attached hydrogens (tertiary/aromatic N) is 2. The molecule has 13 heavy (non-hydrogen) atoms. The van der Waals surface area contributed by atoms with Gasteiger partial charge < -0.3 is 0 Å². The number of hydrazine groups is 1. The molecule has 0 saturated carbocycles. The predicted molar refractivity (Wildman–Crippen MR) is 59.5 cm³/mol. The summed E-state index contributed by atoms with van der Waals surface area (Å²) in [6.07, 6.45) is 3.49. The van der Waals surface area contributed by atoms with Crippen LogP contribution in [-0.4, -0.2) is 37.7 Å². The van der Waals surface area contributed by atoms with Gasteiger partial charge in [-0.3, -0.25) is 0 Å². The lowest BCUT2D eigenvalue weighted by Gasteiger charge is -2.26. The second-order valence-corrected chi connectivity index (χ2v) is 4.31. The van der Waals surface area contributed by atoms with Crippen LogP contribution in [0.15, 0.2) is 11.6 Å². The van der Waals surface area contributed by atoms with E-state index in [0.717, 1.165) is 12.5 Å². The third kappa shape index (κ3) is 6.79. The van der Waals surface area contributed by atoms with Crippen molar-refractivity contribution in [3.63, 3.8) is 0 Å². The van der Waals surface area contributed by atoms with E-state index in [1.165, 1.54) is 12.0 Å². The Morgan fingerprint density at radius 1 is 1.23 bits per heavy atom. The molecule has 0 rings (SSSR count). The smallest absolute Gasteiger partial charge is 0.0158 e. The zero-order valence-electron chi connectivity index (χ0n) is 9.96. The lowest BCUT2D eigenvalue weighted by molar-refractivity contribution is 0.0420. The minimum absolute atomic E-state index is 0.724. The molecular weight excluding hydrogens is 160 g/mol. The van der Waals surface area contributed by atoms with Gasteiger partial charge in [-0.25, -0.2) is 10.0 Å². The molecule has 0 radical (unpaired) electrons. The maximum atomic E-state index is 2.31. The topological polar surface area (TPSA) is 6.48 Å². The summed E-state index contributed by atoms with van der Waals surface area (Å²) < 4.78 is 0. The minimum atomic E-state index is 0.724. The average Bonchev–Trinajstić information content (AvgIpc) is 2.00. The highest BCUT2D eigenvalue weighted by molar-refractivity contribution is 4.93. The standard InChI is InChI=1S/C11H24N2/c1-10(2)7-8-11(3)9-13(6)12(4)5/h7,11H,8-9H2,1-6H3. The molecule has 0 fully saturated rings. The molecule has 0 aliphatic heterocycles. The van der Waals surface area contributed by atoms with Gasteiger partial charge in [0.1, 0.15) is 0 Å². The molecule has 0 aliphatic rings. The Hall–Kier alpha value is -0.340. The van der Waals surface area contributed by atoms with Crippen molar-refractivity contribution in [3.8, 4) is 0 Å². The summed E-state index contributed by atoms with van der Waals surface area (Å²) in [5.41, 5.74) is 1.42. The molecule has 0 aromatic carbocycles. The molecular formula is C11H24N2. The Bertz CT molecular complexity index is 157. The highest BCUT2D eigenvalue weighted by Crippen LogP contribution is 2.07. The normalized spacial score (nSPS) is 13.5. The maximum Gasteiger partial charge on any atom is 0.0158 e. The van der Waals surface area contributed by atoms with Crippen molar-refractivity contribution in [1.82, 2.24) is 10.0 Å². The number of hydrogen-bond donors (Lipinski definition) is 0. The summed E-state index contributed by atoms with van der Waals surface area (Å²) in [5, 5.41) is 4.36. The van der Waals surface area contributed by atoms with Crippen LogP contribution in [0.4, 0.5) is 0 Å². The fraction of sp³-hybridized carbons (Fsp3) is 0.818. The van der Waals surface area contributed by atoms with Crippen LogP contribution in [0, 0.1) is 5.92 Å². The van der Waals surface area contributed by atoms with E-state index in [4.69, 9.17) is 0 Å². The van der Waals surface area contributed by atoms with Gasteiger partial charge in [0.05, 0.1) is 0 Å². The first-order chi connectivity index (χ1) is 5.93. The molecule has 2 nitrogen and oxygen atoms in total. The Morgan fingerprint density at radius 2 is 1.77 bits per heavy atom. The fourth-order valence-electron chi connectivity index (χ4n) is 1.13. The lowest BCUT2D eigenvalue weighted by atomic mass is 10.1. The number of rotatable bonds is 5.